The lowest BCUT2D eigenvalue weighted by atomic mass is 10.1. The summed E-state index contributed by atoms with van der Waals surface area (Å²) in [6.07, 6.45) is 0. The Labute approximate surface area is 99.7 Å². The molecule has 1 aromatic carbocycles. The third-order valence-corrected chi connectivity index (χ3v) is 2.64. The molecule has 1 aromatic heterocycles. The average molecular weight is 232 g/mol. The van der Waals surface area contributed by atoms with Gasteiger partial charge in [0.15, 0.2) is 0 Å². The van der Waals surface area contributed by atoms with Crippen LogP contribution in [0.5, 0.6) is 0 Å². The summed E-state index contributed by atoms with van der Waals surface area (Å²) in [5.74, 6) is -0.902. The Balaban J connectivity index is 2.36. The Hall–Kier alpha value is -1.81. The zero-order valence-electron chi connectivity index (χ0n) is 9.95. The molecular formula is C13H16N2O2. The maximum absolute atomic E-state index is 11.1. The van der Waals surface area contributed by atoms with Gasteiger partial charge in [-0.25, -0.2) is 4.79 Å². The number of carboxylic acid groups (broad SMARTS) is 1. The van der Waals surface area contributed by atoms with Gasteiger partial charge in [0, 0.05) is 23.7 Å². The fraction of sp³-hybridized carbons (Fsp3) is 0.308. The van der Waals surface area contributed by atoms with Gasteiger partial charge in [0.2, 0.25) is 0 Å². The monoisotopic (exact) mass is 232 g/mol. The molecule has 0 radical (unpaired) electrons. The molecule has 1 heterocycles. The molecule has 2 rings (SSSR count). The van der Waals surface area contributed by atoms with Crippen molar-refractivity contribution < 1.29 is 9.90 Å². The maximum Gasteiger partial charge on any atom is 0.337 e. The van der Waals surface area contributed by atoms with Gasteiger partial charge in [-0.1, -0.05) is 26.0 Å². The first-order chi connectivity index (χ1) is 8.08. The zero-order valence-corrected chi connectivity index (χ0v) is 9.95. The molecule has 2 aromatic rings. The van der Waals surface area contributed by atoms with Crippen LogP contribution in [0.2, 0.25) is 0 Å². The maximum atomic E-state index is 11.1. The summed E-state index contributed by atoms with van der Waals surface area (Å²) in [7, 11) is 0. The van der Waals surface area contributed by atoms with Gasteiger partial charge in [-0.3, -0.25) is 0 Å². The topological polar surface area (TPSA) is 65.1 Å². The SMILES string of the molecule is CC(C)NCc1cc2cccc(C(=O)O)c2[nH]1. The Kier molecular flexibility index (Phi) is 3.15. The molecule has 0 spiro atoms. The largest absolute Gasteiger partial charge is 0.478 e. The van der Waals surface area contributed by atoms with Gasteiger partial charge in [0.25, 0.3) is 0 Å². The van der Waals surface area contributed by atoms with Crippen molar-refractivity contribution in [2.75, 3.05) is 0 Å². The van der Waals surface area contributed by atoms with Crippen molar-refractivity contribution in [3.63, 3.8) is 0 Å². The lowest BCUT2D eigenvalue weighted by molar-refractivity contribution is 0.0699. The number of H-pyrrole nitrogens is 1. The van der Waals surface area contributed by atoms with Crippen LogP contribution in [0.25, 0.3) is 10.9 Å². The molecule has 0 amide bonds. The number of carboxylic acids is 1. The van der Waals surface area contributed by atoms with E-state index < -0.39 is 5.97 Å². The molecule has 0 bridgehead atoms. The Morgan fingerprint density at radius 1 is 1.47 bits per heavy atom. The molecule has 0 saturated carbocycles. The normalized spacial score (nSPS) is 11.2. The number of hydrogen-bond donors (Lipinski definition) is 3. The Morgan fingerprint density at radius 3 is 2.88 bits per heavy atom. The highest BCUT2D eigenvalue weighted by Gasteiger charge is 2.10. The molecule has 0 atom stereocenters. The van der Waals surface area contributed by atoms with Crippen LogP contribution in [0.3, 0.4) is 0 Å². The van der Waals surface area contributed by atoms with Crippen molar-refractivity contribution in [3.05, 3.63) is 35.5 Å². The van der Waals surface area contributed by atoms with Crippen molar-refractivity contribution in [2.45, 2.75) is 26.4 Å². The Morgan fingerprint density at radius 2 is 2.24 bits per heavy atom. The van der Waals surface area contributed by atoms with Gasteiger partial charge < -0.3 is 15.4 Å². The number of hydrogen-bond acceptors (Lipinski definition) is 2. The number of carbonyl (C=O) groups is 1. The van der Waals surface area contributed by atoms with E-state index in [-0.39, 0.29) is 0 Å². The van der Waals surface area contributed by atoms with Crippen molar-refractivity contribution in [2.24, 2.45) is 0 Å². The van der Waals surface area contributed by atoms with E-state index in [1.165, 1.54) is 0 Å². The number of nitrogens with one attached hydrogen (secondary N) is 2. The van der Waals surface area contributed by atoms with Gasteiger partial charge in [-0.15, -0.1) is 0 Å². The number of aromatic carboxylic acids is 1. The molecule has 4 heteroatoms. The number of fused-ring (bicyclic) bond motifs is 1. The molecular weight excluding hydrogens is 216 g/mol. The third kappa shape index (κ3) is 2.47. The van der Waals surface area contributed by atoms with Crippen LogP contribution < -0.4 is 5.32 Å². The zero-order chi connectivity index (χ0) is 12.4. The van der Waals surface area contributed by atoms with E-state index in [1.54, 1.807) is 12.1 Å². The minimum absolute atomic E-state index is 0.318. The van der Waals surface area contributed by atoms with E-state index in [9.17, 15) is 4.79 Å². The molecule has 0 aliphatic heterocycles. The van der Waals surface area contributed by atoms with Crippen LogP contribution in [-0.2, 0) is 6.54 Å². The van der Waals surface area contributed by atoms with Crippen LogP contribution in [-0.4, -0.2) is 22.1 Å². The molecule has 0 unspecified atom stereocenters. The number of aromatic nitrogens is 1. The summed E-state index contributed by atoms with van der Waals surface area (Å²) >= 11 is 0. The van der Waals surface area contributed by atoms with E-state index in [0.717, 1.165) is 11.1 Å². The molecule has 90 valence electrons. The number of aromatic amines is 1. The number of para-hydroxylation sites is 1. The standard InChI is InChI=1S/C13H16N2O2/c1-8(2)14-7-10-6-9-4-3-5-11(13(16)17)12(9)15-10/h3-6,8,14-15H,7H2,1-2H3,(H,16,17). The molecule has 4 nitrogen and oxygen atoms in total. The summed E-state index contributed by atoms with van der Waals surface area (Å²) in [5, 5.41) is 13.3. The highest BCUT2D eigenvalue weighted by Crippen LogP contribution is 2.19. The molecule has 3 N–H and O–H groups in total. The second kappa shape index (κ2) is 4.59. The predicted octanol–water partition coefficient (Wildman–Crippen LogP) is 2.36. The third-order valence-electron chi connectivity index (χ3n) is 2.64. The molecule has 0 saturated heterocycles. The summed E-state index contributed by atoms with van der Waals surface area (Å²) in [6, 6.07) is 7.68. The quantitative estimate of drug-likeness (QED) is 0.758. The van der Waals surface area contributed by atoms with Crippen LogP contribution in [0.4, 0.5) is 0 Å². The van der Waals surface area contributed by atoms with Gasteiger partial charge in [-0.05, 0) is 12.1 Å². The highest BCUT2D eigenvalue weighted by atomic mass is 16.4. The summed E-state index contributed by atoms with van der Waals surface area (Å²) in [6.45, 7) is 4.86. The fourth-order valence-electron chi connectivity index (χ4n) is 1.80. The highest BCUT2D eigenvalue weighted by molar-refractivity contribution is 6.02. The first-order valence-electron chi connectivity index (χ1n) is 5.65. The predicted molar refractivity (Wildman–Crippen MR) is 67.2 cm³/mol. The number of rotatable bonds is 4. The lowest BCUT2D eigenvalue weighted by Crippen LogP contribution is -2.21. The minimum atomic E-state index is -0.902. The molecule has 0 aliphatic carbocycles. The van der Waals surface area contributed by atoms with Crippen molar-refractivity contribution in [1.82, 2.24) is 10.3 Å². The van der Waals surface area contributed by atoms with Gasteiger partial charge in [-0.2, -0.15) is 0 Å². The van der Waals surface area contributed by atoms with E-state index >= 15 is 0 Å². The fourth-order valence-corrected chi connectivity index (χ4v) is 1.80. The summed E-state index contributed by atoms with van der Waals surface area (Å²) < 4.78 is 0. The van der Waals surface area contributed by atoms with E-state index in [2.05, 4.69) is 24.1 Å². The molecule has 0 fully saturated rings. The minimum Gasteiger partial charge on any atom is -0.478 e. The summed E-state index contributed by atoms with van der Waals surface area (Å²) in [5.41, 5.74) is 2.02. The molecule has 17 heavy (non-hydrogen) atoms. The summed E-state index contributed by atoms with van der Waals surface area (Å²) in [4.78, 5) is 14.2. The smallest absolute Gasteiger partial charge is 0.337 e. The Bertz CT molecular complexity index is 543. The van der Waals surface area contributed by atoms with Crippen LogP contribution >= 0.6 is 0 Å². The van der Waals surface area contributed by atoms with E-state index in [1.807, 2.05) is 12.1 Å². The van der Waals surface area contributed by atoms with Crippen LogP contribution in [0.1, 0.15) is 29.9 Å². The first-order valence-corrected chi connectivity index (χ1v) is 5.65. The van der Waals surface area contributed by atoms with Crippen molar-refractivity contribution in [3.8, 4) is 0 Å². The van der Waals surface area contributed by atoms with Gasteiger partial charge in [0.05, 0.1) is 11.1 Å². The lowest BCUT2D eigenvalue weighted by Gasteiger charge is -2.05. The van der Waals surface area contributed by atoms with Crippen molar-refractivity contribution >= 4 is 16.9 Å². The van der Waals surface area contributed by atoms with E-state index in [4.69, 9.17) is 5.11 Å². The number of benzene rings is 1. The molecule has 0 aliphatic rings. The van der Waals surface area contributed by atoms with Crippen LogP contribution in [0.15, 0.2) is 24.3 Å². The average Bonchev–Trinajstić information content (AvgIpc) is 2.68. The first kappa shape index (κ1) is 11.7. The second-order valence-electron chi connectivity index (χ2n) is 4.41. The van der Waals surface area contributed by atoms with Crippen molar-refractivity contribution in [1.29, 1.82) is 0 Å². The second-order valence-corrected chi connectivity index (χ2v) is 4.41. The van der Waals surface area contributed by atoms with Gasteiger partial charge >= 0.3 is 5.97 Å². The van der Waals surface area contributed by atoms with Gasteiger partial charge in [0.1, 0.15) is 0 Å². The van der Waals surface area contributed by atoms with Crippen LogP contribution in [0, 0.1) is 0 Å². The van der Waals surface area contributed by atoms with E-state index in [0.29, 0.717) is 23.7 Å².